The van der Waals surface area contributed by atoms with Gasteiger partial charge in [0.25, 0.3) is 0 Å². The number of hydrogen-bond acceptors (Lipinski definition) is 3. The zero-order valence-corrected chi connectivity index (χ0v) is 13.4. The first-order valence-corrected chi connectivity index (χ1v) is 9.19. The number of nitrogens with zero attached hydrogens (tertiary/aromatic N) is 1. The summed E-state index contributed by atoms with van der Waals surface area (Å²) in [5, 5.41) is 7.54. The minimum absolute atomic E-state index is 0.784. The minimum atomic E-state index is 0.784. The number of rotatable bonds is 3. The molecule has 21 heavy (non-hydrogen) atoms. The largest absolute Gasteiger partial charge is 0.314 e. The molecule has 2 fully saturated rings. The van der Waals surface area contributed by atoms with Gasteiger partial charge >= 0.3 is 0 Å². The number of benzene rings is 1. The predicted molar refractivity (Wildman–Crippen MR) is 90.9 cm³/mol. The van der Waals surface area contributed by atoms with Crippen LogP contribution in [0.4, 0.5) is 0 Å². The van der Waals surface area contributed by atoms with E-state index in [-0.39, 0.29) is 0 Å². The van der Waals surface area contributed by atoms with Crippen LogP contribution in [0.5, 0.6) is 0 Å². The normalized spacial score (nSPS) is 27.4. The Bertz CT molecular complexity index is 600. The van der Waals surface area contributed by atoms with Crippen LogP contribution >= 0.6 is 11.3 Å². The SMILES string of the molecule is c1ccc2c(CN3CCCC(C4CCCN4)C3)csc2c1. The molecule has 1 N–H and O–H groups in total. The van der Waals surface area contributed by atoms with Crippen molar-refractivity contribution in [2.45, 2.75) is 38.3 Å². The highest BCUT2D eigenvalue weighted by Crippen LogP contribution is 2.29. The highest BCUT2D eigenvalue weighted by Gasteiger charge is 2.29. The van der Waals surface area contributed by atoms with Gasteiger partial charge in [-0.2, -0.15) is 0 Å². The Morgan fingerprint density at radius 3 is 3.05 bits per heavy atom. The summed E-state index contributed by atoms with van der Waals surface area (Å²) in [6.45, 7) is 4.92. The van der Waals surface area contributed by atoms with Gasteiger partial charge < -0.3 is 5.32 Å². The first kappa shape index (κ1) is 13.7. The third kappa shape index (κ3) is 2.87. The first-order chi connectivity index (χ1) is 10.4. The standard InChI is InChI=1S/C18H24N2S/c1-2-8-18-16(6-1)15(13-21-18)12-20-10-4-5-14(11-20)17-7-3-9-19-17/h1-2,6,8,13-14,17,19H,3-5,7,9-12H2. The molecule has 2 nitrogen and oxygen atoms in total. The van der Waals surface area contributed by atoms with Crippen LogP contribution in [0.3, 0.4) is 0 Å². The van der Waals surface area contributed by atoms with Gasteiger partial charge in [-0.1, -0.05) is 18.2 Å². The van der Waals surface area contributed by atoms with Crippen LogP contribution in [0.25, 0.3) is 10.1 Å². The zero-order valence-electron chi connectivity index (χ0n) is 12.6. The summed E-state index contributed by atoms with van der Waals surface area (Å²) in [7, 11) is 0. The Hall–Kier alpha value is -0.900. The van der Waals surface area contributed by atoms with Crippen LogP contribution in [0.15, 0.2) is 29.6 Å². The van der Waals surface area contributed by atoms with Gasteiger partial charge in [0.2, 0.25) is 0 Å². The topological polar surface area (TPSA) is 15.3 Å². The molecule has 4 rings (SSSR count). The highest BCUT2D eigenvalue weighted by molar-refractivity contribution is 7.17. The van der Waals surface area contributed by atoms with Gasteiger partial charge in [-0.15, -0.1) is 11.3 Å². The second-order valence-electron chi connectivity index (χ2n) is 6.60. The van der Waals surface area contributed by atoms with Crippen molar-refractivity contribution in [2.24, 2.45) is 5.92 Å². The van der Waals surface area contributed by atoms with Crippen LogP contribution in [-0.2, 0) is 6.54 Å². The monoisotopic (exact) mass is 300 g/mol. The summed E-state index contributed by atoms with van der Waals surface area (Å²) >= 11 is 1.89. The summed E-state index contributed by atoms with van der Waals surface area (Å²) in [6.07, 6.45) is 5.54. The van der Waals surface area contributed by atoms with Crippen molar-refractivity contribution in [2.75, 3.05) is 19.6 Å². The molecule has 2 aliphatic heterocycles. The summed E-state index contributed by atoms with van der Waals surface area (Å²) < 4.78 is 1.43. The lowest BCUT2D eigenvalue weighted by Crippen LogP contribution is -2.43. The molecule has 1 aromatic carbocycles. The zero-order chi connectivity index (χ0) is 14.1. The number of piperidine rings is 1. The van der Waals surface area contributed by atoms with E-state index in [1.54, 1.807) is 0 Å². The van der Waals surface area contributed by atoms with Crippen LogP contribution in [0, 0.1) is 5.92 Å². The van der Waals surface area contributed by atoms with Gasteiger partial charge in [-0.3, -0.25) is 4.90 Å². The molecule has 0 amide bonds. The molecule has 0 bridgehead atoms. The molecule has 2 atom stereocenters. The lowest BCUT2D eigenvalue weighted by atomic mass is 9.89. The fourth-order valence-electron chi connectivity index (χ4n) is 4.07. The molecule has 0 radical (unpaired) electrons. The third-order valence-corrected chi connectivity index (χ3v) is 6.18. The summed E-state index contributed by atoms with van der Waals surface area (Å²) in [5.41, 5.74) is 1.52. The van der Waals surface area contributed by atoms with E-state index >= 15 is 0 Å². The second-order valence-corrected chi connectivity index (χ2v) is 7.51. The number of fused-ring (bicyclic) bond motifs is 1. The van der Waals surface area contributed by atoms with Gasteiger partial charge in [0.05, 0.1) is 0 Å². The van der Waals surface area contributed by atoms with E-state index in [2.05, 4.69) is 39.9 Å². The van der Waals surface area contributed by atoms with Crippen molar-refractivity contribution < 1.29 is 0 Å². The third-order valence-electron chi connectivity index (χ3n) is 5.16. The van der Waals surface area contributed by atoms with Gasteiger partial charge in [-0.25, -0.2) is 0 Å². The minimum Gasteiger partial charge on any atom is -0.314 e. The van der Waals surface area contributed by atoms with Crippen molar-refractivity contribution >= 4 is 21.4 Å². The van der Waals surface area contributed by atoms with E-state index in [0.717, 1.165) is 18.5 Å². The van der Waals surface area contributed by atoms with Gasteiger partial charge in [0.1, 0.15) is 0 Å². The molecule has 3 heteroatoms. The molecule has 2 saturated heterocycles. The molecular weight excluding hydrogens is 276 g/mol. The molecule has 0 saturated carbocycles. The Morgan fingerprint density at radius 1 is 1.19 bits per heavy atom. The van der Waals surface area contributed by atoms with Crippen molar-refractivity contribution in [3.63, 3.8) is 0 Å². The maximum absolute atomic E-state index is 3.71. The predicted octanol–water partition coefficient (Wildman–Crippen LogP) is 3.87. The van der Waals surface area contributed by atoms with Gasteiger partial charge in [0, 0.05) is 23.8 Å². The van der Waals surface area contributed by atoms with E-state index in [1.165, 1.54) is 61.0 Å². The smallest absolute Gasteiger partial charge is 0.0346 e. The summed E-state index contributed by atoms with van der Waals surface area (Å²) in [5.74, 6) is 0.867. The summed E-state index contributed by atoms with van der Waals surface area (Å²) in [6, 6.07) is 9.62. The van der Waals surface area contributed by atoms with E-state index in [1.807, 2.05) is 11.3 Å². The molecule has 112 valence electrons. The van der Waals surface area contributed by atoms with E-state index in [9.17, 15) is 0 Å². The fraction of sp³-hybridized carbons (Fsp3) is 0.556. The Labute approximate surface area is 131 Å². The fourth-order valence-corrected chi connectivity index (χ4v) is 5.03. The van der Waals surface area contributed by atoms with Crippen LogP contribution in [0.2, 0.25) is 0 Å². The Morgan fingerprint density at radius 2 is 2.14 bits per heavy atom. The maximum Gasteiger partial charge on any atom is 0.0346 e. The number of thiophene rings is 1. The number of nitrogens with one attached hydrogen (secondary N) is 1. The average Bonchev–Trinajstić information content (AvgIpc) is 3.18. The number of hydrogen-bond donors (Lipinski definition) is 1. The number of likely N-dealkylation sites (tertiary alicyclic amines) is 1. The Kier molecular flexibility index (Phi) is 3.97. The molecule has 2 unspecified atom stereocenters. The van der Waals surface area contributed by atoms with E-state index in [0.29, 0.717) is 0 Å². The molecule has 2 aliphatic rings. The van der Waals surface area contributed by atoms with Crippen molar-refractivity contribution in [1.82, 2.24) is 10.2 Å². The molecule has 1 aromatic heterocycles. The molecule has 0 spiro atoms. The first-order valence-electron chi connectivity index (χ1n) is 8.31. The maximum atomic E-state index is 3.71. The van der Waals surface area contributed by atoms with Crippen LogP contribution in [-0.4, -0.2) is 30.6 Å². The van der Waals surface area contributed by atoms with Crippen LogP contribution in [0.1, 0.15) is 31.2 Å². The summed E-state index contributed by atoms with van der Waals surface area (Å²) in [4.78, 5) is 2.68. The lowest BCUT2D eigenvalue weighted by Gasteiger charge is -2.35. The van der Waals surface area contributed by atoms with Crippen molar-refractivity contribution in [3.8, 4) is 0 Å². The van der Waals surface area contributed by atoms with Crippen molar-refractivity contribution in [3.05, 3.63) is 35.2 Å². The second kappa shape index (κ2) is 6.07. The van der Waals surface area contributed by atoms with E-state index < -0.39 is 0 Å². The molecular formula is C18H24N2S. The van der Waals surface area contributed by atoms with Crippen molar-refractivity contribution in [1.29, 1.82) is 0 Å². The Balaban J connectivity index is 1.46. The lowest BCUT2D eigenvalue weighted by molar-refractivity contribution is 0.146. The molecule has 2 aromatic rings. The van der Waals surface area contributed by atoms with E-state index in [4.69, 9.17) is 0 Å². The average molecular weight is 300 g/mol. The van der Waals surface area contributed by atoms with Crippen LogP contribution < -0.4 is 5.32 Å². The highest BCUT2D eigenvalue weighted by atomic mass is 32.1. The molecule has 0 aliphatic carbocycles. The molecule has 3 heterocycles. The van der Waals surface area contributed by atoms with Gasteiger partial charge in [-0.05, 0) is 67.1 Å². The van der Waals surface area contributed by atoms with Gasteiger partial charge in [0.15, 0.2) is 0 Å². The quantitative estimate of drug-likeness (QED) is 0.926.